The van der Waals surface area contributed by atoms with Crippen LogP contribution in [0.5, 0.6) is 0 Å². The molecular formula is C26H23O2SSi+. The number of carbonyl (C=O) groups is 1. The van der Waals surface area contributed by atoms with Gasteiger partial charge in [0.05, 0.1) is 16.5 Å². The highest BCUT2D eigenvalue weighted by atomic mass is 32.2. The van der Waals surface area contributed by atoms with E-state index in [-0.39, 0.29) is 16.9 Å². The Hall–Kier alpha value is -2.82. The van der Waals surface area contributed by atoms with Crippen LogP contribution in [0.15, 0.2) is 123 Å². The highest BCUT2D eigenvalue weighted by Gasteiger charge is 2.31. The second kappa shape index (κ2) is 8.90. The molecule has 30 heavy (non-hydrogen) atoms. The molecule has 0 aliphatic carbocycles. The maximum Gasteiger partial charge on any atom is 0.339 e. The molecule has 0 bridgehead atoms. The summed E-state index contributed by atoms with van der Waals surface area (Å²) in [5, 5.41) is 0. The van der Waals surface area contributed by atoms with Crippen LogP contribution >= 0.6 is 0 Å². The first-order valence-electron chi connectivity index (χ1n) is 9.86. The van der Waals surface area contributed by atoms with Gasteiger partial charge in [0.25, 0.3) is 0 Å². The first-order chi connectivity index (χ1) is 14.5. The van der Waals surface area contributed by atoms with Gasteiger partial charge in [-0.25, -0.2) is 4.79 Å². The van der Waals surface area contributed by atoms with Crippen molar-refractivity contribution in [3.05, 3.63) is 114 Å². The molecule has 4 heteroatoms. The molecular weight excluding hydrogens is 404 g/mol. The number of hydrogen-bond donors (Lipinski definition) is 0. The van der Waals surface area contributed by atoms with Crippen molar-refractivity contribution in [3.8, 4) is 0 Å². The van der Waals surface area contributed by atoms with Crippen LogP contribution in [0.25, 0.3) is 0 Å². The molecule has 0 N–H and O–H groups in total. The Morgan fingerprint density at radius 3 is 2.00 bits per heavy atom. The summed E-state index contributed by atoms with van der Waals surface area (Å²) in [5.74, 6) is -0.295. The normalized spacial score (nSPS) is 13.4. The lowest BCUT2D eigenvalue weighted by Gasteiger charge is -2.26. The Labute approximate surface area is 183 Å². The Bertz CT molecular complexity index is 1050. The van der Waals surface area contributed by atoms with Crippen molar-refractivity contribution < 1.29 is 9.53 Å². The average molecular weight is 428 g/mol. The first kappa shape index (κ1) is 20.4. The highest BCUT2D eigenvalue weighted by Crippen LogP contribution is 2.32. The molecule has 0 saturated carbocycles. The van der Waals surface area contributed by atoms with Crippen molar-refractivity contribution in [3.63, 3.8) is 0 Å². The fourth-order valence-corrected chi connectivity index (χ4v) is 6.45. The summed E-state index contributed by atoms with van der Waals surface area (Å²) in [6.45, 7) is 3.89. The third kappa shape index (κ3) is 4.50. The standard InChI is InChI=1S/C26H23O2SSi/c1-26(2,21-16-17-30-19-21)28-25(27)20-10-9-15-24(18-20)29(22-11-5-3-6-12-22)23-13-7-4-8-14-23/h3-19H,1-2H3/q+1. The van der Waals surface area contributed by atoms with Crippen LogP contribution in [0.1, 0.15) is 24.2 Å². The summed E-state index contributed by atoms with van der Waals surface area (Å²) < 4.78 is 5.90. The smallest absolute Gasteiger partial charge is 0.339 e. The van der Waals surface area contributed by atoms with Gasteiger partial charge in [-0.05, 0) is 55.8 Å². The second-order valence-electron chi connectivity index (χ2n) is 7.46. The molecule has 2 nitrogen and oxygen atoms in total. The zero-order valence-electron chi connectivity index (χ0n) is 17.0. The number of ether oxygens (including phenoxy) is 1. The van der Waals surface area contributed by atoms with Crippen molar-refractivity contribution in [1.29, 1.82) is 0 Å². The van der Waals surface area contributed by atoms with Crippen LogP contribution in [0, 0.1) is 0 Å². The monoisotopic (exact) mass is 427 g/mol. The number of esters is 1. The molecule has 0 spiro atoms. The molecule has 4 rings (SSSR count). The van der Waals surface area contributed by atoms with Crippen LogP contribution in [0.2, 0.25) is 0 Å². The number of rotatable bonds is 6. The van der Waals surface area contributed by atoms with Crippen molar-refractivity contribution >= 4 is 26.4 Å². The summed E-state index contributed by atoms with van der Waals surface area (Å²) in [6.07, 6.45) is 2.05. The summed E-state index contributed by atoms with van der Waals surface area (Å²) >= 11 is 0. The molecule has 1 aliphatic rings. The van der Waals surface area contributed by atoms with Gasteiger partial charge in [-0.1, -0.05) is 59.9 Å². The van der Waals surface area contributed by atoms with Crippen molar-refractivity contribution in [1.82, 2.24) is 0 Å². The number of benzene rings is 3. The molecule has 0 unspecified atom stereocenters. The maximum atomic E-state index is 13.0. The lowest BCUT2D eigenvalue weighted by Crippen LogP contribution is -2.29. The van der Waals surface area contributed by atoms with E-state index >= 15 is 0 Å². The predicted molar refractivity (Wildman–Crippen MR) is 124 cm³/mol. The molecule has 0 saturated heterocycles. The van der Waals surface area contributed by atoms with E-state index in [0.717, 1.165) is 10.5 Å². The molecule has 0 fully saturated rings. The van der Waals surface area contributed by atoms with Crippen molar-refractivity contribution in [2.45, 2.75) is 34.1 Å². The van der Waals surface area contributed by atoms with Crippen molar-refractivity contribution in [2.75, 3.05) is 0 Å². The van der Waals surface area contributed by atoms with Gasteiger partial charge in [0, 0.05) is 6.07 Å². The van der Waals surface area contributed by atoms with Crippen LogP contribution in [0.4, 0.5) is 0 Å². The van der Waals surface area contributed by atoms with Gasteiger partial charge in [0.2, 0.25) is 0 Å². The van der Waals surface area contributed by atoms with E-state index in [2.05, 4.69) is 66.0 Å². The fourth-order valence-electron chi connectivity index (χ4n) is 3.32. The minimum Gasteiger partial charge on any atom is -0.451 e. The summed E-state index contributed by atoms with van der Waals surface area (Å²) in [6, 6.07) is 28.7. The van der Waals surface area contributed by atoms with E-state index < -0.39 is 5.60 Å². The topological polar surface area (TPSA) is 26.3 Å². The Morgan fingerprint density at radius 1 is 0.833 bits per heavy atom. The van der Waals surface area contributed by atoms with E-state index in [9.17, 15) is 4.79 Å². The van der Waals surface area contributed by atoms with Crippen LogP contribution in [-0.2, 0) is 15.6 Å². The van der Waals surface area contributed by atoms with E-state index in [1.807, 2.05) is 50.3 Å². The van der Waals surface area contributed by atoms with Gasteiger partial charge in [0.15, 0.2) is 14.7 Å². The lowest BCUT2D eigenvalue weighted by molar-refractivity contribution is 0.0146. The summed E-state index contributed by atoms with van der Waals surface area (Å²) in [7, 11) is 0.359. The first-order valence-corrected chi connectivity index (χ1v) is 12.2. The van der Waals surface area contributed by atoms with Crippen LogP contribution < -0.4 is 0 Å². The molecule has 0 aromatic heterocycles. The molecule has 2 radical (unpaired) electrons. The molecule has 3 aromatic rings. The van der Waals surface area contributed by atoms with E-state index in [4.69, 9.17) is 4.74 Å². The van der Waals surface area contributed by atoms with Gasteiger partial charge in [-0.2, -0.15) is 0 Å². The van der Waals surface area contributed by atoms with Gasteiger partial charge >= 0.3 is 5.97 Å². The molecule has 0 atom stereocenters. The van der Waals surface area contributed by atoms with E-state index in [1.165, 1.54) is 9.79 Å². The van der Waals surface area contributed by atoms with Gasteiger partial charge < -0.3 is 4.74 Å². The quantitative estimate of drug-likeness (QED) is 0.281. The average Bonchev–Trinajstić information content (AvgIpc) is 3.32. The van der Waals surface area contributed by atoms with Crippen molar-refractivity contribution in [2.24, 2.45) is 0 Å². The van der Waals surface area contributed by atoms with Crippen LogP contribution in [-0.4, -0.2) is 21.1 Å². The number of carbonyl (C=O) groups excluding carboxylic acids is 1. The highest BCUT2D eigenvalue weighted by molar-refractivity contribution is 7.97. The van der Waals surface area contributed by atoms with E-state index in [1.54, 1.807) is 0 Å². The lowest BCUT2D eigenvalue weighted by atomic mass is 9.99. The second-order valence-corrected chi connectivity index (χ2v) is 10.4. The van der Waals surface area contributed by atoms with Crippen LogP contribution in [0.3, 0.4) is 0 Å². The molecule has 148 valence electrons. The Balaban J connectivity index is 1.67. The largest absolute Gasteiger partial charge is 0.451 e. The summed E-state index contributed by atoms with van der Waals surface area (Å²) in [4.78, 5) is 16.5. The zero-order valence-corrected chi connectivity index (χ0v) is 18.9. The molecule has 1 heterocycles. The van der Waals surface area contributed by atoms with Gasteiger partial charge in [0.1, 0.15) is 15.1 Å². The third-order valence-corrected chi connectivity index (χ3v) is 7.95. The fraction of sp³-hybridized carbons (Fsp3) is 0.115. The third-order valence-electron chi connectivity index (χ3n) is 4.90. The molecule has 0 amide bonds. The minimum atomic E-state index is -0.645. The maximum absolute atomic E-state index is 13.0. The van der Waals surface area contributed by atoms with Gasteiger partial charge in [-0.15, -0.1) is 0 Å². The predicted octanol–water partition coefficient (Wildman–Crippen LogP) is 5.83. The molecule has 1 aliphatic heterocycles. The minimum absolute atomic E-state index is 0.295. The molecule has 3 aromatic carbocycles. The zero-order chi connectivity index (χ0) is 21.0. The Kier molecular flexibility index (Phi) is 6.07. The SMILES string of the molecule is CC(C)(OC(=O)c1cccc([S+](c2ccccc2)c2ccccc2)c1)C1=C[Si]C=C1. The Morgan fingerprint density at radius 2 is 1.43 bits per heavy atom. The van der Waals surface area contributed by atoms with E-state index in [0.29, 0.717) is 15.1 Å². The number of hydrogen-bond acceptors (Lipinski definition) is 2. The van der Waals surface area contributed by atoms with Gasteiger partial charge in [-0.3, -0.25) is 0 Å². The summed E-state index contributed by atoms with van der Waals surface area (Å²) in [5.41, 5.74) is 5.23.